The highest BCUT2D eigenvalue weighted by Gasteiger charge is 2.73. The van der Waals surface area contributed by atoms with Gasteiger partial charge >= 0.3 is 10.3 Å². The van der Waals surface area contributed by atoms with Gasteiger partial charge in [-0.15, -0.1) is 0 Å². The normalized spacial score (nSPS) is 42.6. The molecule has 0 spiro atoms. The molecule has 4 fully saturated rings. The van der Waals surface area contributed by atoms with Crippen molar-refractivity contribution in [2.45, 2.75) is 82.7 Å². The highest BCUT2D eigenvalue weighted by molar-refractivity contribution is 7.84. The zero-order valence-corrected chi connectivity index (χ0v) is 18.7. The van der Waals surface area contributed by atoms with Crippen molar-refractivity contribution in [3.63, 3.8) is 0 Å². The van der Waals surface area contributed by atoms with Crippen molar-refractivity contribution in [2.24, 2.45) is 16.7 Å². The molecule has 5 aliphatic rings. The first-order valence-electron chi connectivity index (χ1n) is 11.8. The lowest BCUT2D eigenvalue weighted by Gasteiger charge is -2.56. The van der Waals surface area contributed by atoms with Crippen molar-refractivity contribution in [1.29, 1.82) is 0 Å². The van der Waals surface area contributed by atoms with Gasteiger partial charge < -0.3 is 9.29 Å². The quantitative estimate of drug-likeness (QED) is 0.780. The molecular formula is C24H33NO4S. The molecule has 0 aromatic heterocycles. The van der Waals surface area contributed by atoms with Crippen LogP contribution in [-0.4, -0.2) is 36.5 Å². The third-order valence-corrected chi connectivity index (χ3v) is 11.5. The minimum Gasteiger partial charge on any atom is -0.389 e. The van der Waals surface area contributed by atoms with E-state index in [0.717, 1.165) is 51.4 Å². The fourth-order valence-corrected chi connectivity index (χ4v) is 9.59. The molecular weight excluding hydrogens is 398 g/mol. The van der Waals surface area contributed by atoms with Gasteiger partial charge in [0.25, 0.3) is 0 Å². The van der Waals surface area contributed by atoms with Gasteiger partial charge in [0.15, 0.2) is 0 Å². The molecule has 1 heterocycles. The summed E-state index contributed by atoms with van der Waals surface area (Å²) in [6.07, 6.45) is 10.5. The van der Waals surface area contributed by atoms with Gasteiger partial charge in [0.1, 0.15) is 5.75 Å². The van der Waals surface area contributed by atoms with Crippen molar-refractivity contribution in [1.82, 2.24) is 4.31 Å². The van der Waals surface area contributed by atoms with Crippen LogP contribution in [0.3, 0.4) is 0 Å². The molecule has 6 rings (SSSR count). The Morgan fingerprint density at radius 1 is 1.07 bits per heavy atom. The molecule has 2 bridgehead atoms. The number of rotatable bonds is 3. The Labute approximate surface area is 180 Å². The van der Waals surface area contributed by atoms with Crippen LogP contribution in [-0.2, 0) is 16.7 Å². The lowest BCUT2D eigenvalue weighted by Crippen LogP contribution is -2.51. The Morgan fingerprint density at radius 3 is 2.53 bits per heavy atom. The number of aliphatic hydroxyl groups is 1. The van der Waals surface area contributed by atoms with E-state index in [0.29, 0.717) is 30.7 Å². The average molecular weight is 432 g/mol. The summed E-state index contributed by atoms with van der Waals surface area (Å²) in [6.45, 7) is 3.49. The molecule has 0 radical (unpaired) electrons. The number of nitrogens with zero attached hydrogens (tertiary/aromatic N) is 1. The molecule has 30 heavy (non-hydrogen) atoms. The SMILES string of the molecule is C[C@]12CCC3c4ccc(OS(=O)(=O)N5CCCC5)cc4CCC3[C@]13CC[C@]2(O)CC3. The molecule has 1 aromatic carbocycles. The van der Waals surface area contributed by atoms with Crippen LogP contribution in [0.4, 0.5) is 0 Å². The summed E-state index contributed by atoms with van der Waals surface area (Å²) in [5.41, 5.74) is 2.58. The standard InChI is InChI=1S/C24H33NO4S/c1-22-9-8-20-19-6-5-18(29-30(27,28)25-14-2-3-15-25)16-17(19)4-7-21(20)23(22)10-12-24(22,26)13-11-23/h5-6,16,20-21,26H,2-4,7-15H2,1H3/t20?,21?,22-,23-,24+/m0/s1. The minimum absolute atomic E-state index is 0.0749. The average Bonchev–Trinajstić information content (AvgIpc) is 3.39. The second kappa shape index (κ2) is 6.23. The molecule has 2 unspecified atom stereocenters. The molecule has 6 heteroatoms. The largest absolute Gasteiger partial charge is 0.389 e. The van der Waals surface area contributed by atoms with Crippen LogP contribution >= 0.6 is 0 Å². The van der Waals surface area contributed by atoms with Gasteiger partial charge in [0, 0.05) is 18.5 Å². The predicted molar refractivity (Wildman–Crippen MR) is 115 cm³/mol. The van der Waals surface area contributed by atoms with Gasteiger partial charge in [-0.2, -0.15) is 12.7 Å². The van der Waals surface area contributed by atoms with Crippen LogP contribution in [0, 0.1) is 16.7 Å². The van der Waals surface area contributed by atoms with Crippen molar-refractivity contribution in [3.8, 4) is 5.75 Å². The predicted octanol–water partition coefficient (Wildman–Crippen LogP) is 4.16. The van der Waals surface area contributed by atoms with Crippen molar-refractivity contribution >= 4 is 10.3 Å². The Balaban J connectivity index is 1.29. The Morgan fingerprint density at radius 2 is 1.80 bits per heavy atom. The summed E-state index contributed by atoms with van der Waals surface area (Å²) in [4.78, 5) is 0. The molecule has 5 nitrogen and oxygen atoms in total. The number of hydrogen-bond donors (Lipinski definition) is 1. The monoisotopic (exact) mass is 431 g/mol. The number of aryl methyl sites for hydroxylation is 1. The number of hydrogen-bond acceptors (Lipinski definition) is 4. The number of benzene rings is 1. The van der Waals surface area contributed by atoms with E-state index >= 15 is 0 Å². The van der Waals surface area contributed by atoms with Crippen LogP contribution in [0.1, 0.15) is 81.8 Å². The van der Waals surface area contributed by atoms with Gasteiger partial charge in [-0.1, -0.05) is 13.0 Å². The van der Waals surface area contributed by atoms with Gasteiger partial charge in [0.05, 0.1) is 5.60 Å². The lowest BCUT2D eigenvalue weighted by atomic mass is 9.48. The molecule has 1 aromatic rings. The Kier molecular flexibility index (Phi) is 4.06. The highest BCUT2D eigenvalue weighted by Crippen LogP contribution is 2.77. The van der Waals surface area contributed by atoms with Crippen LogP contribution in [0.5, 0.6) is 5.75 Å². The van der Waals surface area contributed by atoms with Crippen LogP contribution in [0.25, 0.3) is 0 Å². The lowest BCUT2D eigenvalue weighted by molar-refractivity contribution is -0.101. The fraction of sp³-hybridized carbons (Fsp3) is 0.750. The first-order valence-corrected chi connectivity index (χ1v) is 13.2. The zero-order chi connectivity index (χ0) is 20.8. The van der Waals surface area contributed by atoms with Crippen molar-refractivity contribution in [2.75, 3.05) is 13.1 Å². The third-order valence-electron chi connectivity index (χ3n) is 10.1. The van der Waals surface area contributed by atoms with E-state index < -0.39 is 15.9 Å². The van der Waals surface area contributed by atoms with Crippen molar-refractivity contribution in [3.05, 3.63) is 29.3 Å². The van der Waals surface area contributed by atoms with Gasteiger partial charge in [-0.25, -0.2) is 0 Å². The van der Waals surface area contributed by atoms with Crippen LogP contribution in [0.15, 0.2) is 18.2 Å². The molecule has 1 N–H and O–H groups in total. The molecule has 1 aliphatic heterocycles. The van der Waals surface area contributed by atoms with E-state index in [1.165, 1.54) is 28.3 Å². The Bertz CT molecular complexity index is 975. The number of fused-ring (bicyclic) bond motifs is 3. The molecule has 3 atom stereocenters. The summed E-state index contributed by atoms with van der Waals surface area (Å²) in [7, 11) is -3.69. The topological polar surface area (TPSA) is 66.8 Å². The first kappa shape index (κ1) is 19.6. The van der Waals surface area contributed by atoms with Crippen LogP contribution in [0.2, 0.25) is 0 Å². The first-order chi connectivity index (χ1) is 14.3. The molecule has 3 saturated carbocycles. The summed E-state index contributed by atoms with van der Waals surface area (Å²) in [6, 6.07) is 5.97. The van der Waals surface area contributed by atoms with E-state index in [9.17, 15) is 13.5 Å². The maximum atomic E-state index is 12.6. The van der Waals surface area contributed by atoms with Gasteiger partial charge in [-0.05, 0) is 105 Å². The zero-order valence-electron chi connectivity index (χ0n) is 17.9. The highest BCUT2D eigenvalue weighted by atomic mass is 32.2. The summed E-state index contributed by atoms with van der Waals surface area (Å²) in [5, 5.41) is 11.3. The second-order valence-corrected chi connectivity index (χ2v) is 12.4. The van der Waals surface area contributed by atoms with Crippen molar-refractivity contribution < 1.29 is 17.7 Å². The smallest absolute Gasteiger partial charge is 0.385 e. The summed E-state index contributed by atoms with van der Waals surface area (Å²) in [5.74, 6) is 1.63. The van der Waals surface area contributed by atoms with E-state index in [4.69, 9.17) is 4.18 Å². The molecule has 1 saturated heterocycles. The fourth-order valence-electron chi connectivity index (χ4n) is 8.43. The summed E-state index contributed by atoms with van der Waals surface area (Å²) >= 11 is 0. The second-order valence-electron chi connectivity index (χ2n) is 10.8. The van der Waals surface area contributed by atoms with E-state index in [1.54, 1.807) is 0 Å². The third kappa shape index (κ3) is 2.39. The molecule has 164 valence electrons. The minimum atomic E-state index is -3.69. The van der Waals surface area contributed by atoms with E-state index in [1.807, 2.05) is 12.1 Å². The summed E-state index contributed by atoms with van der Waals surface area (Å²) < 4.78 is 32.1. The molecule has 4 aliphatic carbocycles. The molecule has 0 amide bonds. The van der Waals surface area contributed by atoms with E-state index in [-0.39, 0.29) is 10.8 Å². The maximum absolute atomic E-state index is 12.6. The maximum Gasteiger partial charge on any atom is 0.385 e. The van der Waals surface area contributed by atoms with E-state index in [2.05, 4.69) is 13.0 Å². The van der Waals surface area contributed by atoms with Gasteiger partial charge in [0.2, 0.25) is 0 Å². The van der Waals surface area contributed by atoms with Crippen LogP contribution < -0.4 is 4.18 Å². The van der Waals surface area contributed by atoms with Gasteiger partial charge in [-0.3, -0.25) is 0 Å². The Hall–Kier alpha value is -1.11.